The van der Waals surface area contributed by atoms with E-state index in [-0.39, 0.29) is 11.2 Å². The Morgan fingerprint density at radius 3 is 1.95 bits per heavy atom. The lowest BCUT2D eigenvalue weighted by atomic mass is 10.0. The van der Waals surface area contributed by atoms with Crippen molar-refractivity contribution in [1.29, 1.82) is 0 Å². The average Bonchev–Trinajstić information content (AvgIpc) is 2.46. The number of hydrogen-bond acceptors (Lipinski definition) is 3. The quantitative estimate of drug-likeness (QED) is 0.636. The molecule has 0 aliphatic heterocycles. The van der Waals surface area contributed by atoms with Crippen LogP contribution in [0.15, 0.2) is 66.0 Å². The van der Waals surface area contributed by atoms with Crippen molar-refractivity contribution in [3.05, 3.63) is 66.7 Å². The number of halogens is 1. The van der Waals surface area contributed by atoms with Gasteiger partial charge < -0.3 is 4.18 Å². The Hall–Kier alpha value is -2.14. The predicted molar refractivity (Wildman–Crippen MR) is 75.1 cm³/mol. The van der Waals surface area contributed by atoms with Gasteiger partial charge in [-0.3, -0.25) is 0 Å². The second-order valence-corrected chi connectivity index (χ2v) is 5.77. The van der Waals surface area contributed by atoms with Crippen LogP contribution in [-0.2, 0) is 14.3 Å². The van der Waals surface area contributed by atoms with E-state index in [2.05, 4.69) is 4.18 Å². The molecule has 0 radical (unpaired) electrons. The van der Waals surface area contributed by atoms with E-state index in [1.165, 1.54) is 12.1 Å². The van der Waals surface area contributed by atoms with Crippen molar-refractivity contribution in [2.45, 2.75) is 11.8 Å². The van der Waals surface area contributed by atoms with E-state index in [0.29, 0.717) is 6.26 Å². The van der Waals surface area contributed by atoms with Gasteiger partial charge in [0.2, 0.25) is 0 Å². The molecule has 0 fully saturated rings. The first-order valence-corrected chi connectivity index (χ1v) is 7.29. The highest BCUT2D eigenvalue weighted by molar-refractivity contribution is 7.86. The molecular formula is C15H13FO3S. The molecule has 2 aromatic rings. The standard InChI is InChI=1S/C15H13FO3S/c1-12-2-4-13(5-3-12)14-6-8-15(9-7-14)20(17,18)19-11-10-16/h2-11H,1H3. The monoisotopic (exact) mass is 292 g/mol. The van der Waals surface area contributed by atoms with E-state index in [1.807, 2.05) is 31.2 Å². The van der Waals surface area contributed by atoms with E-state index in [0.717, 1.165) is 16.7 Å². The topological polar surface area (TPSA) is 43.4 Å². The van der Waals surface area contributed by atoms with Crippen LogP contribution in [0.25, 0.3) is 11.1 Å². The first kappa shape index (κ1) is 14.3. The summed E-state index contributed by atoms with van der Waals surface area (Å²) in [6.45, 7) is 2.00. The van der Waals surface area contributed by atoms with Crippen molar-refractivity contribution < 1.29 is 17.0 Å². The van der Waals surface area contributed by atoms with Crippen molar-refractivity contribution in [3.63, 3.8) is 0 Å². The van der Waals surface area contributed by atoms with E-state index in [1.54, 1.807) is 12.1 Å². The SMILES string of the molecule is Cc1ccc(-c2ccc(S(=O)(=O)OC=CF)cc2)cc1. The van der Waals surface area contributed by atoms with Crippen LogP contribution in [-0.4, -0.2) is 8.42 Å². The van der Waals surface area contributed by atoms with Crippen LogP contribution >= 0.6 is 0 Å². The third-order valence-electron chi connectivity index (χ3n) is 2.76. The largest absolute Gasteiger partial charge is 0.384 e. The molecule has 0 aromatic heterocycles. The van der Waals surface area contributed by atoms with Crippen molar-refractivity contribution in [2.24, 2.45) is 0 Å². The van der Waals surface area contributed by atoms with Crippen LogP contribution in [0.3, 0.4) is 0 Å². The van der Waals surface area contributed by atoms with Crippen molar-refractivity contribution in [1.82, 2.24) is 0 Å². The van der Waals surface area contributed by atoms with E-state index in [4.69, 9.17) is 0 Å². The number of aryl methyl sites for hydroxylation is 1. The van der Waals surface area contributed by atoms with Gasteiger partial charge in [-0.15, -0.1) is 0 Å². The van der Waals surface area contributed by atoms with Gasteiger partial charge in [-0.2, -0.15) is 8.42 Å². The molecule has 0 aliphatic carbocycles. The minimum absolute atomic E-state index is 0.0218. The molecule has 0 aliphatic rings. The fourth-order valence-corrected chi connectivity index (χ4v) is 2.48. The van der Waals surface area contributed by atoms with Crippen LogP contribution < -0.4 is 0 Å². The first-order chi connectivity index (χ1) is 9.53. The molecule has 20 heavy (non-hydrogen) atoms. The summed E-state index contributed by atoms with van der Waals surface area (Å²) in [6, 6.07) is 14.1. The maximum Gasteiger partial charge on any atom is 0.338 e. The van der Waals surface area contributed by atoms with Crippen molar-refractivity contribution in [3.8, 4) is 11.1 Å². The molecule has 5 heteroatoms. The van der Waals surface area contributed by atoms with Crippen molar-refractivity contribution in [2.75, 3.05) is 0 Å². The van der Waals surface area contributed by atoms with Gasteiger partial charge in [0.25, 0.3) is 0 Å². The summed E-state index contributed by atoms with van der Waals surface area (Å²) >= 11 is 0. The van der Waals surface area contributed by atoms with Gasteiger partial charge in [0.1, 0.15) is 17.5 Å². The lowest BCUT2D eigenvalue weighted by Gasteiger charge is -2.05. The second-order valence-electron chi connectivity index (χ2n) is 4.20. The summed E-state index contributed by atoms with van der Waals surface area (Å²) in [5, 5.41) is 0. The summed E-state index contributed by atoms with van der Waals surface area (Å²) in [5.74, 6) is 0. The minimum Gasteiger partial charge on any atom is -0.384 e. The predicted octanol–water partition coefficient (Wildman–Crippen LogP) is 3.81. The lowest BCUT2D eigenvalue weighted by Crippen LogP contribution is -2.01. The number of hydrogen-bond donors (Lipinski definition) is 0. The van der Waals surface area contributed by atoms with Gasteiger partial charge in [-0.05, 0) is 30.2 Å². The third kappa shape index (κ3) is 3.24. The molecular weight excluding hydrogens is 279 g/mol. The lowest BCUT2D eigenvalue weighted by molar-refractivity contribution is 0.435. The highest BCUT2D eigenvalue weighted by Crippen LogP contribution is 2.22. The summed E-state index contributed by atoms with van der Waals surface area (Å²) in [7, 11) is -3.95. The van der Waals surface area contributed by atoms with Crippen LogP contribution in [0.1, 0.15) is 5.56 Å². The van der Waals surface area contributed by atoms with Crippen LogP contribution in [0.5, 0.6) is 0 Å². The molecule has 2 rings (SSSR count). The molecule has 0 saturated heterocycles. The van der Waals surface area contributed by atoms with Gasteiger partial charge in [-0.1, -0.05) is 42.0 Å². The summed E-state index contributed by atoms with van der Waals surface area (Å²) in [5.41, 5.74) is 3.04. The summed E-state index contributed by atoms with van der Waals surface area (Å²) in [6.07, 6.45) is 0.515. The molecule has 104 valence electrons. The molecule has 0 amide bonds. The summed E-state index contributed by atoms with van der Waals surface area (Å²) in [4.78, 5) is -0.0218. The molecule has 0 unspecified atom stereocenters. The zero-order chi connectivity index (χ0) is 14.6. The van der Waals surface area contributed by atoms with Crippen LogP contribution in [0, 0.1) is 6.92 Å². The molecule has 0 N–H and O–H groups in total. The molecule has 0 spiro atoms. The molecule has 0 bridgehead atoms. The van der Waals surface area contributed by atoms with Crippen molar-refractivity contribution >= 4 is 10.1 Å². The smallest absolute Gasteiger partial charge is 0.338 e. The molecule has 0 saturated carbocycles. The van der Waals surface area contributed by atoms with Gasteiger partial charge in [0.05, 0.1) is 0 Å². The second kappa shape index (κ2) is 5.88. The zero-order valence-corrected chi connectivity index (χ0v) is 11.6. The normalized spacial score (nSPS) is 11.7. The van der Waals surface area contributed by atoms with E-state index in [9.17, 15) is 12.8 Å². The summed E-state index contributed by atoms with van der Waals surface area (Å²) < 4.78 is 39.4. The van der Waals surface area contributed by atoms with Gasteiger partial charge >= 0.3 is 10.1 Å². The number of benzene rings is 2. The Bertz CT molecular complexity index is 702. The Morgan fingerprint density at radius 1 is 0.950 bits per heavy atom. The molecule has 3 nitrogen and oxygen atoms in total. The van der Waals surface area contributed by atoms with Gasteiger partial charge in [-0.25, -0.2) is 4.39 Å². The molecule has 0 heterocycles. The Kier molecular flexibility index (Phi) is 4.20. The fourth-order valence-electron chi connectivity index (χ4n) is 1.71. The van der Waals surface area contributed by atoms with Gasteiger partial charge in [0, 0.05) is 0 Å². The molecule has 2 aromatic carbocycles. The average molecular weight is 292 g/mol. The Labute approximate surface area is 117 Å². The highest BCUT2D eigenvalue weighted by atomic mass is 32.2. The van der Waals surface area contributed by atoms with Crippen LogP contribution in [0.4, 0.5) is 4.39 Å². The Balaban J connectivity index is 2.28. The van der Waals surface area contributed by atoms with E-state index < -0.39 is 10.1 Å². The van der Waals surface area contributed by atoms with Gasteiger partial charge in [0.15, 0.2) is 0 Å². The number of rotatable bonds is 4. The maximum absolute atomic E-state index is 11.8. The Morgan fingerprint density at radius 2 is 1.45 bits per heavy atom. The third-order valence-corrected chi connectivity index (χ3v) is 3.98. The van der Waals surface area contributed by atoms with E-state index >= 15 is 0 Å². The fraction of sp³-hybridized carbons (Fsp3) is 0.0667. The molecule has 0 atom stereocenters. The highest BCUT2D eigenvalue weighted by Gasteiger charge is 2.14. The minimum atomic E-state index is -3.95. The zero-order valence-electron chi connectivity index (χ0n) is 10.8. The maximum atomic E-state index is 11.8. The first-order valence-electron chi connectivity index (χ1n) is 5.88. The van der Waals surface area contributed by atoms with Crippen LogP contribution in [0.2, 0.25) is 0 Å².